The van der Waals surface area contributed by atoms with Crippen molar-refractivity contribution in [2.75, 3.05) is 26.8 Å². The predicted octanol–water partition coefficient (Wildman–Crippen LogP) is 1.69. The average Bonchev–Trinajstić information content (AvgIpc) is 2.67. The highest BCUT2D eigenvalue weighted by molar-refractivity contribution is 5.72. The zero-order chi connectivity index (χ0) is 18.4. The predicted molar refractivity (Wildman–Crippen MR) is 96.5 cm³/mol. The molecule has 2 aromatic rings. The number of amides is 1. The molecular formula is C19H24N4O3. The second kappa shape index (κ2) is 8.73. The third kappa shape index (κ3) is 4.77. The number of rotatable bonds is 6. The minimum Gasteiger partial charge on any atom is -0.496 e. The molecular weight excluding hydrogens is 332 g/mol. The highest BCUT2D eigenvalue weighted by Crippen LogP contribution is 2.24. The SMILES string of the molecule is COc1ccccc1CN1CCO[C@@H](c2nccc(CNC(C)=O)n2)C1. The molecule has 7 heteroatoms. The van der Waals surface area contributed by atoms with E-state index in [4.69, 9.17) is 9.47 Å². The van der Waals surface area contributed by atoms with Crippen LogP contribution in [0.1, 0.15) is 30.1 Å². The second-order valence-corrected chi connectivity index (χ2v) is 6.22. The molecule has 7 nitrogen and oxygen atoms in total. The largest absolute Gasteiger partial charge is 0.496 e. The van der Waals surface area contributed by atoms with Gasteiger partial charge in [0.2, 0.25) is 5.91 Å². The van der Waals surface area contributed by atoms with Gasteiger partial charge in [-0.15, -0.1) is 0 Å². The van der Waals surface area contributed by atoms with Crippen LogP contribution in [0.25, 0.3) is 0 Å². The van der Waals surface area contributed by atoms with Gasteiger partial charge in [-0.25, -0.2) is 9.97 Å². The molecule has 1 aromatic carbocycles. The van der Waals surface area contributed by atoms with E-state index in [0.29, 0.717) is 25.5 Å². The van der Waals surface area contributed by atoms with E-state index in [1.54, 1.807) is 19.4 Å². The van der Waals surface area contributed by atoms with E-state index in [1.165, 1.54) is 6.92 Å². The molecule has 0 saturated carbocycles. The Morgan fingerprint density at radius 2 is 2.23 bits per heavy atom. The summed E-state index contributed by atoms with van der Waals surface area (Å²) in [6.07, 6.45) is 1.53. The maximum atomic E-state index is 11.1. The molecule has 1 amide bonds. The number of nitrogens with zero attached hydrogens (tertiary/aromatic N) is 3. The summed E-state index contributed by atoms with van der Waals surface area (Å²) in [6, 6.07) is 9.84. The lowest BCUT2D eigenvalue weighted by atomic mass is 10.1. The van der Waals surface area contributed by atoms with Crippen LogP contribution in [0, 0.1) is 0 Å². The van der Waals surface area contributed by atoms with Gasteiger partial charge < -0.3 is 14.8 Å². The minimum atomic E-state index is -0.185. The number of carbonyl (C=O) groups is 1. The van der Waals surface area contributed by atoms with Crippen molar-refractivity contribution in [3.8, 4) is 5.75 Å². The van der Waals surface area contributed by atoms with Crippen LogP contribution in [0.2, 0.25) is 0 Å². The normalized spacial score (nSPS) is 17.7. The molecule has 0 bridgehead atoms. The van der Waals surface area contributed by atoms with Gasteiger partial charge in [0.15, 0.2) is 5.82 Å². The van der Waals surface area contributed by atoms with Gasteiger partial charge in [-0.3, -0.25) is 9.69 Å². The maximum Gasteiger partial charge on any atom is 0.217 e. The first-order valence-electron chi connectivity index (χ1n) is 8.68. The lowest BCUT2D eigenvalue weighted by Gasteiger charge is -2.32. The van der Waals surface area contributed by atoms with Crippen LogP contribution in [0.3, 0.4) is 0 Å². The molecule has 1 aliphatic rings. The molecule has 3 rings (SSSR count). The Labute approximate surface area is 153 Å². The second-order valence-electron chi connectivity index (χ2n) is 6.22. The molecule has 1 aromatic heterocycles. The summed E-state index contributed by atoms with van der Waals surface area (Å²) in [7, 11) is 1.69. The molecule has 138 valence electrons. The Bertz CT molecular complexity index is 753. The fourth-order valence-electron chi connectivity index (χ4n) is 2.96. The molecule has 1 fully saturated rings. The lowest BCUT2D eigenvalue weighted by Crippen LogP contribution is -2.38. The van der Waals surface area contributed by atoms with Gasteiger partial charge in [-0.1, -0.05) is 18.2 Å². The summed E-state index contributed by atoms with van der Waals surface area (Å²) >= 11 is 0. The van der Waals surface area contributed by atoms with Crippen molar-refractivity contribution in [2.45, 2.75) is 26.1 Å². The zero-order valence-electron chi connectivity index (χ0n) is 15.1. The van der Waals surface area contributed by atoms with Crippen molar-refractivity contribution in [1.29, 1.82) is 0 Å². The third-order valence-electron chi connectivity index (χ3n) is 4.28. The molecule has 1 N–H and O–H groups in total. The van der Waals surface area contributed by atoms with Crippen LogP contribution in [0.5, 0.6) is 5.75 Å². The van der Waals surface area contributed by atoms with Crippen LogP contribution >= 0.6 is 0 Å². The van der Waals surface area contributed by atoms with E-state index < -0.39 is 0 Å². The lowest BCUT2D eigenvalue weighted by molar-refractivity contribution is -0.119. The first-order valence-corrected chi connectivity index (χ1v) is 8.68. The average molecular weight is 356 g/mol. The Hall–Kier alpha value is -2.51. The van der Waals surface area contributed by atoms with Crippen LogP contribution in [-0.2, 0) is 22.6 Å². The number of nitrogens with one attached hydrogen (secondary N) is 1. The molecule has 2 heterocycles. The molecule has 0 unspecified atom stereocenters. The highest BCUT2D eigenvalue weighted by Gasteiger charge is 2.25. The molecule has 1 atom stereocenters. The molecule has 0 aliphatic carbocycles. The number of para-hydroxylation sites is 1. The Morgan fingerprint density at radius 1 is 1.38 bits per heavy atom. The number of ether oxygens (including phenoxy) is 2. The Kier molecular flexibility index (Phi) is 6.14. The van der Waals surface area contributed by atoms with Crippen molar-refractivity contribution in [1.82, 2.24) is 20.2 Å². The number of hydrogen-bond acceptors (Lipinski definition) is 6. The number of aromatic nitrogens is 2. The van der Waals surface area contributed by atoms with E-state index >= 15 is 0 Å². The van der Waals surface area contributed by atoms with Crippen LogP contribution in [0.15, 0.2) is 36.5 Å². The monoisotopic (exact) mass is 356 g/mol. The van der Waals surface area contributed by atoms with Crippen molar-refractivity contribution in [3.63, 3.8) is 0 Å². The maximum absolute atomic E-state index is 11.1. The number of hydrogen-bond donors (Lipinski definition) is 1. The summed E-state index contributed by atoms with van der Waals surface area (Å²) in [5.74, 6) is 1.46. The van der Waals surface area contributed by atoms with Crippen molar-refractivity contribution in [3.05, 3.63) is 53.6 Å². The first kappa shape index (κ1) is 18.3. The van der Waals surface area contributed by atoms with E-state index in [-0.39, 0.29) is 12.0 Å². The van der Waals surface area contributed by atoms with E-state index in [2.05, 4.69) is 26.3 Å². The third-order valence-corrected chi connectivity index (χ3v) is 4.28. The topological polar surface area (TPSA) is 76.6 Å². The van der Waals surface area contributed by atoms with Crippen molar-refractivity contribution >= 4 is 5.91 Å². The summed E-state index contributed by atoms with van der Waals surface area (Å²) in [6.45, 7) is 4.85. The van der Waals surface area contributed by atoms with E-state index in [9.17, 15) is 4.79 Å². The summed E-state index contributed by atoms with van der Waals surface area (Å²) in [5.41, 5.74) is 1.92. The quantitative estimate of drug-likeness (QED) is 0.849. The van der Waals surface area contributed by atoms with Gasteiger partial charge in [0.25, 0.3) is 0 Å². The Morgan fingerprint density at radius 3 is 3.04 bits per heavy atom. The molecule has 26 heavy (non-hydrogen) atoms. The van der Waals surface area contributed by atoms with Crippen molar-refractivity contribution < 1.29 is 14.3 Å². The number of methoxy groups -OCH3 is 1. The van der Waals surface area contributed by atoms with Gasteiger partial charge in [-0.2, -0.15) is 0 Å². The van der Waals surface area contributed by atoms with Crippen molar-refractivity contribution in [2.24, 2.45) is 0 Å². The molecule has 1 saturated heterocycles. The molecule has 0 spiro atoms. The fraction of sp³-hybridized carbons (Fsp3) is 0.421. The van der Waals surface area contributed by atoms with Gasteiger partial charge in [0.05, 0.1) is 26.0 Å². The smallest absolute Gasteiger partial charge is 0.217 e. The molecule has 1 aliphatic heterocycles. The number of morpholine rings is 1. The van der Waals surface area contributed by atoms with Gasteiger partial charge in [0.1, 0.15) is 11.9 Å². The summed E-state index contributed by atoms with van der Waals surface area (Å²) in [4.78, 5) is 22.3. The Balaban J connectivity index is 1.66. The number of carbonyl (C=O) groups excluding carboxylic acids is 1. The first-order chi connectivity index (χ1) is 12.7. The van der Waals surface area contributed by atoms with Gasteiger partial charge in [0, 0.05) is 38.3 Å². The highest BCUT2D eigenvalue weighted by atomic mass is 16.5. The summed E-state index contributed by atoms with van der Waals surface area (Å²) in [5, 5.41) is 2.75. The summed E-state index contributed by atoms with van der Waals surface area (Å²) < 4.78 is 11.3. The van der Waals surface area contributed by atoms with Gasteiger partial charge >= 0.3 is 0 Å². The fourth-order valence-corrected chi connectivity index (χ4v) is 2.96. The van der Waals surface area contributed by atoms with Gasteiger partial charge in [-0.05, 0) is 12.1 Å². The van der Waals surface area contributed by atoms with Crippen LogP contribution in [-0.4, -0.2) is 47.6 Å². The number of benzene rings is 1. The van der Waals surface area contributed by atoms with E-state index in [1.807, 2.05) is 18.2 Å². The minimum absolute atomic E-state index is 0.0814. The zero-order valence-corrected chi connectivity index (χ0v) is 15.1. The van der Waals surface area contributed by atoms with E-state index in [0.717, 1.165) is 30.1 Å². The van der Waals surface area contributed by atoms with Crippen LogP contribution in [0.4, 0.5) is 0 Å². The van der Waals surface area contributed by atoms with Crippen LogP contribution < -0.4 is 10.1 Å². The molecule has 0 radical (unpaired) electrons. The standard InChI is InChI=1S/C19H24N4O3/c1-14(24)21-11-16-7-8-20-19(22-16)18-13-23(9-10-26-18)12-15-5-3-4-6-17(15)25-2/h3-8,18H,9-13H2,1-2H3,(H,21,24)/t18-/m1/s1.